The van der Waals surface area contributed by atoms with Gasteiger partial charge < -0.3 is 28.9 Å². The normalized spacial score (nSPS) is 23.6. The molecule has 2 aromatic heterocycles. The monoisotopic (exact) mass is 549 g/mol. The summed E-state index contributed by atoms with van der Waals surface area (Å²) < 4.78 is 26.5. The molecule has 3 aromatic carbocycles. The van der Waals surface area contributed by atoms with Crippen molar-refractivity contribution in [1.29, 1.82) is 0 Å². The summed E-state index contributed by atoms with van der Waals surface area (Å²) in [4.78, 5) is 22.5. The van der Waals surface area contributed by atoms with E-state index in [1.165, 1.54) is 6.33 Å². The number of nitrogens with one attached hydrogen (secondary N) is 2. The molecule has 0 saturated carbocycles. The molecule has 2 fully saturated rings. The second kappa shape index (κ2) is 10.1. The van der Waals surface area contributed by atoms with Crippen LogP contribution in [0.15, 0.2) is 108 Å². The van der Waals surface area contributed by atoms with Crippen LogP contribution in [0, 0.1) is 0 Å². The standard InChI is InChI=1S/C33H31N3O5/c1-32(2)40-29-25(39-28(30(29)41-32)24-18-34-27-26(24)35-20-36-31(27)37)19-38-33(21-12-6-3-7-13-21,22-14-8-4-9-15-22)23-16-10-5-11-17-23/h3-18,20,25,28-30,34H,19H2,1-2H3,(H,35,36,37)/t25-,28+,29-,30+/m1/s1. The molecule has 8 heteroatoms. The maximum absolute atomic E-state index is 12.4. The third kappa shape index (κ3) is 4.40. The van der Waals surface area contributed by atoms with E-state index in [0.29, 0.717) is 11.0 Å². The number of nitrogens with zero attached hydrogens (tertiary/aromatic N) is 1. The molecule has 4 heterocycles. The summed E-state index contributed by atoms with van der Waals surface area (Å²) >= 11 is 0. The Bertz CT molecular complexity index is 1600. The van der Waals surface area contributed by atoms with E-state index in [-0.39, 0.29) is 18.3 Å². The lowest BCUT2D eigenvalue weighted by molar-refractivity contribution is -0.196. The van der Waals surface area contributed by atoms with Gasteiger partial charge in [0.1, 0.15) is 41.1 Å². The second-order valence-corrected chi connectivity index (χ2v) is 10.9. The van der Waals surface area contributed by atoms with Gasteiger partial charge in [-0.2, -0.15) is 0 Å². The number of aromatic amines is 2. The highest BCUT2D eigenvalue weighted by atomic mass is 16.8. The van der Waals surface area contributed by atoms with E-state index in [4.69, 9.17) is 18.9 Å². The van der Waals surface area contributed by atoms with E-state index >= 15 is 0 Å². The first-order valence-corrected chi connectivity index (χ1v) is 13.8. The predicted molar refractivity (Wildman–Crippen MR) is 153 cm³/mol. The van der Waals surface area contributed by atoms with Crippen molar-refractivity contribution >= 4 is 11.0 Å². The number of ether oxygens (including phenoxy) is 4. The smallest absolute Gasteiger partial charge is 0.275 e. The Kier molecular flexibility index (Phi) is 6.36. The molecule has 0 radical (unpaired) electrons. The van der Waals surface area contributed by atoms with Gasteiger partial charge in [0.2, 0.25) is 0 Å². The lowest BCUT2D eigenvalue weighted by atomic mass is 9.80. The lowest BCUT2D eigenvalue weighted by Crippen LogP contribution is -2.39. The zero-order valence-electron chi connectivity index (χ0n) is 22.8. The Morgan fingerprint density at radius 2 is 1.39 bits per heavy atom. The molecule has 2 aliphatic rings. The number of rotatable bonds is 7. The van der Waals surface area contributed by atoms with Gasteiger partial charge in [0.25, 0.3) is 5.56 Å². The predicted octanol–water partition coefficient (Wildman–Crippen LogP) is 5.22. The lowest BCUT2D eigenvalue weighted by Gasteiger charge is -2.37. The molecule has 4 atom stereocenters. The average Bonchev–Trinajstić information content (AvgIpc) is 3.67. The first-order chi connectivity index (χ1) is 20.0. The van der Waals surface area contributed by atoms with Gasteiger partial charge in [-0.1, -0.05) is 91.0 Å². The van der Waals surface area contributed by atoms with Crippen LogP contribution in [0.5, 0.6) is 0 Å². The van der Waals surface area contributed by atoms with Crippen LogP contribution in [0.25, 0.3) is 11.0 Å². The van der Waals surface area contributed by atoms with Crippen LogP contribution in [-0.4, -0.2) is 45.7 Å². The highest BCUT2D eigenvalue weighted by Crippen LogP contribution is 2.48. The van der Waals surface area contributed by atoms with E-state index < -0.39 is 29.7 Å². The summed E-state index contributed by atoms with van der Waals surface area (Å²) in [6, 6.07) is 30.7. The van der Waals surface area contributed by atoms with E-state index in [9.17, 15) is 4.79 Å². The molecule has 2 saturated heterocycles. The molecule has 8 nitrogen and oxygen atoms in total. The van der Waals surface area contributed by atoms with Gasteiger partial charge in [0, 0.05) is 11.8 Å². The molecule has 7 rings (SSSR count). The first-order valence-electron chi connectivity index (χ1n) is 13.8. The number of fused-ring (bicyclic) bond motifs is 2. The second-order valence-electron chi connectivity index (χ2n) is 10.9. The quantitative estimate of drug-likeness (QED) is 0.270. The summed E-state index contributed by atoms with van der Waals surface area (Å²) in [6.07, 6.45) is 1.43. The Labute approximate surface area is 237 Å². The topological polar surface area (TPSA) is 98.5 Å². The number of H-pyrrole nitrogens is 2. The average molecular weight is 550 g/mol. The summed E-state index contributed by atoms with van der Waals surface area (Å²) in [6.45, 7) is 4.04. The van der Waals surface area contributed by atoms with Gasteiger partial charge in [-0.25, -0.2) is 4.98 Å². The third-order valence-corrected chi connectivity index (χ3v) is 7.96. The highest BCUT2D eigenvalue weighted by Gasteiger charge is 2.56. The van der Waals surface area contributed by atoms with Crippen molar-refractivity contribution in [3.63, 3.8) is 0 Å². The van der Waals surface area contributed by atoms with Gasteiger partial charge in [0.05, 0.1) is 12.9 Å². The van der Waals surface area contributed by atoms with Crippen LogP contribution >= 0.6 is 0 Å². The van der Waals surface area contributed by atoms with Crippen molar-refractivity contribution in [3.8, 4) is 0 Å². The molecule has 0 bridgehead atoms. The summed E-state index contributed by atoms with van der Waals surface area (Å²) in [5.41, 5.74) is 3.60. The van der Waals surface area contributed by atoms with E-state index in [0.717, 1.165) is 22.3 Å². The van der Waals surface area contributed by atoms with Gasteiger partial charge >= 0.3 is 0 Å². The van der Waals surface area contributed by atoms with Crippen LogP contribution in [0.2, 0.25) is 0 Å². The fraction of sp³-hybridized carbons (Fsp3) is 0.273. The Morgan fingerprint density at radius 1 is 0.829 bits per heavy atom. The SMILES string of the molecule is CC1(C)O[C@@H]2[C@H](O1)[C@@H](COC(c1ccccc1)(c1ccccc1)c1ccccc1)O[C@H]2c1c[nH]c2c(=O)[nH]cnc12. The number of hydrogen-bond acceptors (Lipinski definition) is 6. The molecule has 208 valence electrons. The number of hydrogen-bond donors (Lipinski definition) is 2. The van der Waals surface area contributed by atoms with Crippen LogP contribution in [0.1, 0.15) is 42.2 Å². The Morgan fingerprint density at radius 3 is 1.98 bits per heavy atom. The number of benzene rings is 3. The van der Waals surface area contributed by atoms with Crippen molar-refractivity contribution in [2.45, 2.75) is 49.7 Å². The first kappa shape index (κ1) is 25.9. The summed E-state index contributed by atoms with van der Waals surface area (Å²) in [5.74, 6) is -0.804. The van der Waals surface area contributed by atoms with Crippen molar-refractivity contribution in [2.24, 2.45) is 0 Å². The van der Waals surface area contributed by atoms with E-state index in [1.807, 2.05) is 68.4 Å². The van der Waals surface area contributed by atoms with Crippen LogP contribution in [-0.2, 0) is 24.5 Å². The molecule has 5 aromatic rings. The van der Waals surface area contributed by atoms with Gasteiger partial charge in [-0.15, -0.1) is 0 Å². The zero-order valence-corrected chi connectivity index (χ0v) is 22.8. The van der Waals surface area contributed by atoms with E-state index in [1.54, 1.807) is 6.20 Å². The molecular weight excluding hydrogens is 518 g/mol. The minimum absolute atomic E-state index is 0.228. The van der Waals surface area contributed by atoms with Crippen LogP contribution in [0.3, 0.4) is 0 Å². The molecule has 41 heavy (non-hydrogen) atoms. The van der Waals surface area contributed by atoms with Crippen LogP contribution in [0.4, 0.5) is 0 Å². The maximum Gasteiger partial charge on any atom is 0.275 e. The Balaban J connectivity index is 1.29. The molecule has 0 amide bonds. The third-order valence-electron chi connectivity index (χ3n) is 7.96. The number of aromatic nitrogens is 3. The van der Waals surface area contributed by atoms with Crippen molar-refractivity contribution in [2.75, 3.05) is 6.61 Å². The van der Waals surface area contributed by atoms with Gasteiger partial charge in [-0.3, -0.25) is 4.79 Å². The molecule has 2 aliphatic heterocycles. The molecule has 2 N–H and O–H groups in total. The summed E-state index contributed by atoms with van der Waals surface area (Å²) in [5, 5.41) is 0. The van der Waals surface area contributed by atoms with Gasteiger partial charge in [-0.05, 0) is 30.5 Å². The van der Waals surface area contributed by atoms with Crippen LogP contribution < -0.4 is 5.56 Å². The highest BCUT2D eigenvalue weighted by molar-refractivity contribution is 5.78. The fourth-order valence-electron chi connectivity index (χ4n) is 6.23. The minimum Gasteiger partial charge on any atom is -0.362 e. The molecular formula is C33H31N3O5. The van der Waals surface area contributed by atoms with Crippen molar-refractivity contribution < 1.29 is 18.9 Å². The largest absolute Gasteiger partial charge is 0.362 e. The molecule has 0 aliphatic carbocycles. The maximum atomic E-state index is 12.4. The molecule has 0 spiro atoms. The van der Waals surface area contributed by atoms with Crippen molar-refractivity contribution in [3.05, 3.63) is 136 Å². The molecule has 0 unspecified atom stereocenters. The minimum atomic E-state index is -0.897. The Hall–Kier alpha value is -4.08. The zero-order chi connectivity index (χ0) is 28.0. The summed E-state index contributed by atoms with van der Waals surface area (Å²) in [7, 11) is 0. The fourth-order valence-corrected chi connectivity index (χ4v) is 6.23. The van der Waals surface area contributed by atoms with E-state index in [2.05, 4.69) is 51.4 Å². The van der Waals surface area contributed by atoms with Crippen molar-refractivity contribution in [1.82, 2.24) is 15.0 Å². The van der Waals surface area contributed by atoms with Gasteiger partial charge in [0.15, 0.2) is 5.79 Å².